The van der Waals surface area contributed by atoms with Gasteiger partial charge in [-0.25, -0.2) is 4.79 Å². The highest BCUT2D eigenvalue weighted by Gasteiger charge is 2.20. The lowest BCUT2D eigenvalue weighted by Gasteiger charge is -2.16. The number of hydrogen-bond donors (Lipinski definition) is 2. The number of benzene rings is 2. The lowest BCUT2D eigenvalue weighted by Crippen LogP contribution is -2.41. The van der Waals surface area contributed by atoms with E-state index in [0.29, 0.717) is 0 Å². The standard InChI is InChI=1S/C22H25N3O6/c1-4-16-8-10-17(11-9-16)14(2)23-20(26)13-31-22(28)15(3)24-21(27)18-6-5-7-19(12-18)25(29)30/h5-12,14-15H,4,13H2,1-3H3,(H,23,26)(H,24,27)/t14?,15-/m0/s1. The van der Waals surface area contributed by atoms with Crippen LogP contribution in [0.1, 0.15) is 48.3 Å². The third-order valence-electron chi connectivity index (χ3n) is 4.63. The molecular weight excluding hydrogens is 402 g/mol. The molecule has 0 aliphatic heterocycles. The third kappa shape index (κ3) is 6.91. The van der Waals surface area contributed by atoms with Crippen molar-refractivity contribution in [2.45, 2.75) is 39.3 Å². The van der Waals surface area contributed by atoms with Crippen molar-refractivity contribution in [3.63, 3.8) is 0 Å². The van der Waals surface area contributed by atoms with E-state index in [2.05, 4.69) is 17.6 Å². The van der Waals surface area contributed by atoms with Crippen molar-refractivity contribution in [1.82, 2.24) is 10.6 Å². The van der Waals surface area contributed by atoms with Crippen LogP contribution in [0.25, 0.3) is 0 Å². The van der Waals surface area contributed by atoms with Crippen LogP contribution in [0.15, 0.2) is 48.5 Å². The Labute approximate surface area is 179 Å². The van der Waals surface area contributed by atoms with Crippen LogP contribution in [0.2, 0.25) is 0 Å². The normalized spacial score (nSPS) is 12.4. The molecule has 0 spiro atoms. The number of carbonyl (C=O) groups excluding carboxylic acids is 3. The molecule has 0 bridgehead atoms. The predicted octanol–water partition coefficient (Wildman–Crippen LogP) is 2.70. The molecule has 2 rings (SSSR count). The summed E-state index contributed by atoms with van der Waals surface area (Å²) in [4.78, 5) is 46.6. The first-order chi connectivity index (χ1) is 14.7. The second kappa shape index (κ2) is 10.9. The van der Waals surface area contributed by atoms with E-state index < -0.39 is 35.4 Å². The van der Waals surface area contributed by atoms with E-state index >= 15 is 0 Å². The minimum Gasteiger partial charge on any atom is -0.454 e. The van der Waals surface area contributed by atoms with Gasteiger partial charge in [0.2, 0.25) is 0 Å². The monoisotopic (exact) mass is 427 g/mol. The molecule has 2 aromatic rings. The zero-order chi connectivity index (χ0) is 23.0. The maximum atomic E-state index is 12.2. The first-order valence-electron chi connectivity index (χ1n) is 9.81. The van der Waals surface area contributed by atoms with Crippen molar-refractivity contribution in [3.8, 4) is 0 Å². The third-order valence-corrected chi connectivity index (χ3v) is 4.63. The molecule has 0 heterocycles. The van der Waals surface area contributed by atoms with Crippen LogP contribution in [0, 0.1) is 10.1 Å². The van der Waals surface area contributed by atoms with Gasteiger partial charge in [-0.15, -0.1) is 0 Å². The topological polar surface area (TPSA) is 128 Å². The maximum absolute atomic E-state index is 12.2. The maximum Gasteiger partial charge on any atom is 0.328 e. The Bertz CT molecular complexity index is 958. The minimum absolute atomic E-state index is 0.0366. The Morgan fingerprint density at radius 3 is 2.35 bits per heavy atom. The van der Waals surface area contributed by atoms with Gasteiger partial charge in [0.25, 0.3) is 17.5 Å². The van der Waals surface area contributed by atoms with Gasteiger partial charge in [0.05, 0.1) is 11.0 Å². The van der Waals surface area contributed by atoms with E-state index in [0.717, 1.165) is 18.1 Å². The average molecular weight is 427 g/mol. The van der Waals surface area contributed by atoms with Gasteiger partial charge in [0, 0.05) is 17.7 Å². The van der Waals surface area contributed by atoms with Crippen molar-refractivity contribution >= 4 is 23.5 Å². The van der Waals surface area contributed by atoms with Gasteiger partial charge < -0.3 is 15.4 Å². The number of aryl methyl sites for hydroxylation is 1. The molecular formula is C22H25N3O6. The first kappa shape index (κ1) is 23.5. The molecule has 9 nitrogen and oxygen atoms in total. The summed E-state index contributed by atoms with van der Waals surface area (Å²) in [5.41, 5.74) is 1.92. The Balaban J connectivity index is 1.82. The number of amides is 2. The molecule has 2 amide bonds. The molecule has 0 fully saturated rings. The molecule has 0 aliphatic carbocycles. The van der Waals surface area contributed by atoms with Gasteiger partial charge >= 0.3 is 5.97 Å². The molecule has 2 N–H and O–H groups in total. The lowest BCUT2D eigenvalue weighted by atomic mass is 10.1. The Morgan fingerprint density at radius 1 is 1.06 bits per heavy atom. The number of nitrogens with zero attached hydrogens (tertiary/aromatic N) is 1. The van der Waals surface area contributed by atoms with E-state index in [1.165, 1.54) is 30.7 Å². The highest BCUT2D eigenvalue weighted by molar-refractivity contribution is 5.97. The number of non-ortho nitro benzene ring substituents is 1. The summed E-state index contributed by atoms with van der Waals surface area (Å²) in [5.74, 6) is -1.94. The molecule has 0 radical (unpaired) electrons. The Hall–Kier alpha value is -3.75. The number of nitrogens with one attached hydrogen (secondary N) is 2. The van der Waals surface area contributed by atoms with Crippen LogP contribution >= 0.6 is 0 Å². The fourth-order valence-corrected chi connectivity index (χ4v) is 2.77. The summed E-state index contributed by atoms with van der Waals surface area (Å²) in [7, 11) is 0. The molecule has 1 unspecified atom stereocenters. The van der Waals surface area contributed by atoms with E-state index in [4.69, 9.17) is 4.74 Å². The fraction of sp³-hybridized carbons (Fsp3) is 0.318. The van der Waals surface area contributed by atoms with Crippen LogP contribution in [-0.2, 0) is 20.7 Å². The van der Waals surface area contributed by atoms with Gasteiger partial charge in [-0.05, 0) is 37.5 Å². The van der Waals surface area contributed by atoms with Crippen LogP contribution in [0.5, 0.6) is 0 Å². The Kier molecular flexibility index (Phi) is 8.25. The van der Waals surface area contributed by atoms with Crippen LogP contribution in [0.3, 0.4) is 0 Å². The second-order valence-corrected chi connectivity index (χ2v) is 6.99. The van der Waals surface area contributed by atoms with E-state index in [1.807, 2.05) is 31.2 Å². The molecule has 2 atom stereocenters. The van der Waals surface area contributed by atoms with E-state index in [1.54, 1.807) is 0 Å². The summed E-state index contributed by atoms with van der Waals surface area (Å²) >= 11 is 0. The highest BCUT2D eigenvalue weighted by Crippen LogP contribution is 2.14. The first-order valence-corrected chi connectivity index (χ1v) is 9.81. The zero-order valence-corrected chi connectivity index (χ0v) is 17.6. The van der Waals surface area contributed by atoms with Crippen molar-refractivity contribution in [3.05, 3.63) is 75.3 Å². The van der Waals surface area contributed by atoms with Crippen molar-refractivity contribution < 1.29 is 24.0 Å². The van der Waals surface area contributed by atoms with Crippen LogP contribution in [0.4, 0.5) is 5.69 Å². The summed E-state index contributed by atoms with van der Waals surface area (Å²) in [6, 6.07) is 11.7. The van der Waals surface area contributed by atoms with E-state index in [-0.39, 0.29) is 17.3 Å². The number of rotatable bonds is 9. The highest BCUT2D eigenvalue weighted by atomic mass is 16.6. The molecule has 0 aliphatic rings. The minimum atomic E-state index is -1.04. The Morgan fingerprint density at radius 2 is 1.74 bits per heavy atom. The van der Waals surface area contributed by atoms with Crippen molar-refractivity contribution in [2.24, 2.45) is 0 Å². The van der Waals surface area contributed by atoms with Gasteiger partial charge in [-0.3, -0.25) is 19.7 Å². The fourth-order valence-electron chi connectivity index (χ4n) is 2.77. The zero-order valence-electron chi connectivity index (χ0n) is 17.6. The second-order valence-electron chi connectivity index (χ2n) is 6.99. The summed E-state index contributed by atoms with van der Waals surface area (Å²) in [6.45, 7) is 4.78. The molecule has 9 heteroatoms. The van der Waals surface area contributed by atoms with Gasteiger partial charge in [0.1, 0.15) is 6.04 Å². The number of esters is 1. The van der Waals surface area contributed by atoms with Gasteiger partial charge in [0.15, 0.2) is 6.61 Å². The number of nitro benzene ring substituents is 1. The number of nitro groups is 1. The summed E-state index contributed by atoms with van der Waals surface area (Å²) in [6.07, 6.45) is 0.923. The number of ether oxygens (including phenoxy) is 1. The van der Waals surface area contributed by atoms with Crippen molar-refractivity contribution in [1.29, 1.82) is 0 Å². The summed E-state index contributed by atoms with van der Waals surface area (Å²) in [5, 5.41) is 16.0. The molecule has 0 aromatic heterocycles. The lowest BCUT2D eigenvalue weighted by molar-refractivity contribution is -0.384. The number of hydrogen-bond acceptors (Lipinski definition) is 6. The molecule has 31 heavy (non-hydrogen) atoms. The van der Waals surface area contributed by atoms with Crippen LogP contribution in [-0.4, -0.2) is 35.4 Å². The van der Waals surface area contributed by atoms with Crippen molar-refractivity contribution in [2.75, 3.05) is 6.61 Å². The summed E-state index contributed by atoms with van der Waals surface area (Å²) < 4.78 is 4.96. The molecule has 164 valence electrons. The predicted molar refractivity (Wildman–Crippen MR) is 113 cm³/mol. The molecule has 0 saturated heterocycles. The number of carbonyl (C=O) groups is 3. The van der Waals surface area contributed by atoms with Gasteiger partial charge in [-0.2, -0.15) is 0 Å². The molecule has 2 aromatic carbocycles. The smallest absolute Gasteiger partial charge is 0.328 e. The van der Waals surface area contributed by atoms with Gasteiger partial charge in [-0.1, -0.05) is 37.3 Å². The van der Waals surface area contributed by atoms with E-state index in [9.17, 15) is 24.5 Å². The largest absolute Gasteiger partial charge is 0.454 e. The quantitative estimate of drug-likeness (QED) is 0.360. The average Bonchev–Trinajstić information content (AvgIpc) is 2.77. The SMILES string of the molecule is CCc1ccc(C(C)NC(=O)COC(=O)[C@H](C)NC(=O)c2cccc([N+](=O)[O-])c2)cc1. The molecule has 0 saturated carbocycles. The van der Waals surface area contributed by atoms with Crippen LogP contribution < -0.4 is 10.6 Å².